The molecule has 0 amide bonds. The van der Waals surface area contributed by atoms with Crippen LogP contribution in [0.3, 0.4) is 0 Å². The Balaban J connectivity index is 1.10. The maximum Gasteiger partial charge on any atom is -0.0321 e. The maximum atomic E-state index is 2.79. The first kappa shape index (κ1) is 31.3. The van der Waals surface area contributed by atoms with Gasteiger partial charge < -0.3 is 0 Å². The van der Waals surface area contributed by atoms with Crippen molar-refractivity contribution in [3.05, 3.63) is 0 Å². The van der Waals surface area contributed by atoms with Crippen molar-refractivity contribution in [1.82, 2.24) is 0 Å². The van der Waals surface area contributed by atoms with E-state index in [-0.39, 0.29) is 0 Å². The van der Waals surface area contributed by atoms with Crippen LogP contribution in [-0.2, 0) is 0 Å². The largest absolute Gasteiger partial charge is 0.0625 e. The normalized spacial score (nSPS) is 54.8. The van der Waals surface area contributed by atoms with Crippen molar-refractivity contribution in [3.8, 4) is 0 Å². The van der Waals surface area contributed by atoms with Crippen LogP contribution in [0.1, 0.15) is 175 Å². The molecule has 0 spiro atoms. The van der Waals surface area contributed by atoms with E-state index in [4.69, 9.17) is 0 Å². The monoisotopic (exact) mass is 603 g/mol. The van der Waals surface area contributed by atoms with Gasteiger partial charge in [-0.05, 0) is 165 Å². The Kier molecular flexibility index (Phi) is 9.59. The molecule has 0 heteroatoms. The van der Waals surface area contributed by atoms with E-state index in [9.17, 15) is 0 Å². The summed E-state index contributed by atoms with van der Waals surface area (Å²) in [5.41, 5.74) is 0. The zero-order valence-corrected chi connectivity index (χ0v) is 29.8. The van der Waals surface area contributed by atoms with Crippen LogP contribution in [0.2, 0.25) is 0 Å². The van der Waals surface area contributed by atoms with Crippen LogP contribution in [0, 0.1) is 101 Å². The van der Waals surface area contributed by atoms with Crippen molar-refractivity contribution in [2.45, 2.75) is 175 Å². The van der Waals surface area contributed by atoms with Crippen LogP contribution >= 0.6 is 0 Å². The predicted molar refractivity (Wildman–Crippen MR) is 187 cm³/mol. The van der Waals surface area contributed by atoms with Gasteiger partial charge in [0.1, 0.15) is 0 Å². The standard InChI is InChI=1S/C44H74/c1-28-18-22-31(23-19-28)42-38-15-6-7-16-39(38)43(32-24-20-29(2)21-25-32)44-36(13-9-17-40(42)44)27-35-12-8-11-34-26-33-10-4-5-14-37(33)30(3)41(34)35/h28-44H,4-27H2,1-3H3. The molecule has 13 unspecified atom stereocenters. The summed E-state index contributed by atoms with van der Waals surface area (Å²) in [6.07, 6.45) is 38.2. The molecule has 0 aromatic rings. The Labute approximate surface area is 274 Å². The van der Waals surface area contributed by atoms with Crippen molar-refractivity contribution in [3.63, 3.8) is 0 Å². The molecule has 44 heavy (non-hydrogen) atoms. The summed E-state index contributed by atoms with van der Waals surface area (Å²) in [6, 6.07) is 0. The fourth-order valence-corrected chi connectivity index (χ4v) is 16.2. The zero-order valence-electron chi connectivity index (χ0n) is 29.8. The van der Waals surface area contributed by atoms with E-state index in [0.29, 0.717) is 0 Å². The molecular weight excluding hydrogens is 528 g/mol. The molecule has 0 N–H and O–H groups in total. The van der Waals surface area contributed by atoms with Crippen LogP contribution in [0.15, 0.2) is 0 Å². The molecule has 0 nitrogen and oxygen atoms in total. The van der Waals surface area contributed by atoms with Gasteiger partial charge in [0.25, 0.3) is 0 Å². The van der Waals surface area contributed by atoms with Crippen LogP contribution in [-0.4, -0.2) is 0 Å². The molecule has 13 atom stereocenters. The number of rotatable bonds is 4. The molecule has 0 aliphatic heterocycles. The molecule has 8 rings (SSSR count). The number of hydrogen-bond donors (Lipinski definition) is 0. The van der Waals surface area contributed by atoms with E-state index in [0.717, 1.165) is 101 Å². The Morgan fingerprint density at radius 3 is 1.52 bits per heavy atom. The summed E-state index contributed by atoms with van der Waals surface area (Å²) in [7, 11) is 0. The molecule has 0 bridgehead atoms. The minimum absolute atomic E-state index is 1.00. The SMILES string of the molecule is CC1CCC(C2C3CCCCC3C(C3CCC(C)CC3)C3C(CC4CCCC5CC6CCCCC6C(C)C54)CCCC23)CC1. The first-order valence-corrected chi connectivity index (χ1v) is 21.6. The van der Waals surface area contributed by atoms with E-state index < -0.39 is 0 Å². The number of hydrogen-bond acceptors (Lipinski definition) is 0. The number of fused-ring (bicyclic) bond motifs is 4. The van der Waals surface area contributed by atoms with Crippen molar-refractivity contribution >= 4 is 0 Å². The lowest BCUT2D eigenvalue weighted by Crippen LogP contribution is -2.56. The Morgan fingerprint density at radius 2 is 0.841 bits per heavy atom. The van der Waals surface area contributed by atoms with Crippen molar-refractivity contribution in [1.29, 1.82) is 0 Å². The van der Waals surface area contributed by atoms with Gasteiger partial charge in [-0.15, -0.1) is 0 Å². The minimum atomic E-state index is 1.00. The van der Waals surface area contributed by atoms with Gasteiger partial charge in [0.2, 0.25) is 0 Å². The summed E-state index contributed by atoms with van der Waals surface area (Å²) >= 11 is 0. The van der Waals surface area contributed by atoms with Gasteiger partial charge in [0.15, 0.2) is 0 Å². The minimum Gasteiger partial charge on any atom is -0.0625 e. The quantitative estimate of drug-likeness (QED) is 0.300. The Morgan fingerprint density at radius 1 is 0.341 bits per heavy atom. The van der Waals surface area contributed by atoms with Crippen LogP contribution in [0.4, 0.5) is 0 Å². The third-order valence-corrected chi connectivity index (χ3v) is 17.9. The van der Waals surface area contributed by atoms with Gasteiger partial charge in [-0.25, -0.2) is 0 Å². The smallest absolute Gasteiger partial charge is 0.0321 e. The highest BCUT2D eigenvalue weighted by Gasteiger charge is 2.58. The average Bonchev–Trinajstić information content (AvgIpc) is 3.05. The summed E-state index contributed by atoms with van der Waals surface area (Å²) in [4.78, 5) is 0. The van der Waals surface area contributed by atoms with E-state index in [1.54, 1.807) is 154 Å². The zero-order chi connectivity index (χ0) is 29.8. The second-order valence-electron chi connectivity index (χ2n) is 19.8. The maximum absolute atomic E-state index is 2.79. The second-order valence-corrected chi connectivity index (χ2v) is 19.8. The van der Waals surface area contributed by atoms with Gasteiger partial charge in [-0.1, -0.05) is 111 Å². The van der Waals surface area contributed by atoms with Crippen LogP contribution in [0.25, 0.3) is 0 Å². The second kappa shape index (κ2) is 13.5. The highest BCUT2D eigenvalue weighted by atomic mass is 14.6. The van der Waals surface area contributed by atoms with Crippen molar-refractivity contribution < 1.29 is 0 Å². The molecule has 8 aliphatic rings. The van der Waals surface area contributed by atoms with Gasteiger partial charge in [0.05, 0.1) is 0 Å². The van der Waals surface area contributed by atoms with Crippen LogP contribution in [0.5, 0.6) is 0 Å². The first-order chi connectivity index (χ1) is 21.6. The third kappa shape index (κ3) is 5.83. The van der Waals surface area contributed by atoms with Gasteiger partial charge in [-0.2, -0.15) is 0 Å². The molecular formula is C44H74. The van der Waals surface area contributed by atoms with E-state index in [1.807, 2.05) is 0 Å². The fourth-order valence-electron chi connectivity index (χ4n) is 16.2. The van der Waals surface area contributed by atoms with Crippen LogP contribution < -0.4 is 0 Å². The summed E-state index contributed by atoms with van der Waals surface area (Å²) in [5, 5.41) is 0. The lowest BCUT2D eigenvalue weighted by molar-refractivity contribution is -0.139. The third-order valence-electron chi connectivity index (χ3n) is 17.9. The molecule has 250 valence electrons. The summed E-state index contributed by atoms with van der Waals surface area (Å²) in [6.45, 7) is 7.94. The Bertz CT molecular complexity index is 918. The molecule has 8 fully saturated rings. The average molecular weight is 603 g/mol. The lowest BCUT2D eigenvalue weighted by Gasteiger charge is -2.62. The predicted octanol–water partition coefficient (Wildman–Crippen LogP) is 13.0. The molecule has 0 aromatic heterocycles. The van der Waals surface area contributed by atoms with Crippen molar-refractivity contribution in [2.75, 3.05) is 0 Å². The molecule has 0 heterocycles. The first-order valence-electron chi connectivity index (χ1n) is 21.6. The van der Waals surface area contributed by atoms with Gasteiger partial charge in [0, 0.05) is 0 Å². The van der Waals surface area contributed by atoms with Gasteiger partial charge >= 0.3 is 0 Å². The fraction of sp³-hybridized carbons (Fsp3) is 1.00. The molecule has 8 aliphatic carbocycles. The summed E-state index contributed by atoms with van der Waals surface area (Å²) < 4.78 is 0. The highest BCUT2D eigenvalue weighted by molar-refractivity contribution is 5.06. The molecule has 8 saturated carbocycles. The molecule has 0 saturated heterocycles. The lowest BCUT2D eigenvalue weighted by atomic mass is 9.42. The van der Waals surface area contributed by atoms with E-state index >= 15 is 0 Å². The Hall–Kier alpha value is 0. The van der Waals surface area contributed by atoms with Crippen molar-refractivity contribution in [2.24, 2.45) is 101 Å². The molecule has 0 radical (unpaired) electrons. The van der Waals surface area contributed by atoms with Gasteiger partial charge in [-0.3, -0.25) is 0 Å². The summed E-state index contributed by atoms with van der Waals surface area (Å²) in [5.74, 6) is 18.5. The molecule has 0 aromatic carbocycles. The topological polar surface area (TPSA) is 0 Å². The van der Waals surface area contributed by atoms with E-state index in [2.05, 4.69) is 20.8 Å². The highest BCUT2D eigenvalue weighted by Crippen LogP contribution is 2.65. The van der Waals surface area contributed by atoms with E-state index in [1.165, 1.54) is 0 Å².